The third-order valence-corrected chi connectivity index (χ3v) is 3.13. The molecule has 5 heteroatoms. The Labute approximate surface area is 112 Å². The number of hydrogen-bond donors (Lipinski definition) is 2. The number of aliphatic hydroxyl groups is 1. The van der Waals surface area contributed by atoms with Crippen molar-refractivity contribution in [1.29, 1.82) is 0 Å². The highest BCUT2D eigenvalue weighted by Gasteiger charge is 2.27. The minimum atomic E-state index is -0.529. The molecule has 0 saturated carbocycles. The number of rotatable bonds is 5. The van der Waals surface area contributed by atoms with Gasteiger partial charge in [-0.05, 0) is 18.4 Å². The van der Waals surface area contributed by atoms with Gasteiger partial charge < -0.3 is 19.9 Å². The molecular formula is C14H19NO4. The fourth-order valence-corrected chi connectivity index (χ4v) is 2.09. The second-order valence-corrected chi connectivity index (χ2v) is 4.55. The van der Waals surface area contributed by atoms with Gasteiger partial charge in [0.25, 0.3) is 0 Å². The van der Waals surface area contributed by atoms with Crippen molar-refractivity contribution in [3.05, 3.63) is 35.9 Å². The Morgan fingerprint density at radius 1 is 1.47 bits per heavy atom. The summed E-state index contributed by atoms with van der Waals surface area (Å²) in [5, 5.41) is 11.9. The van der Waals surface area contributed by atoms with Gasteiger partial charge in [-0.1, -0.05) is 30.3 Å². The Kier molecular flexibility index (Phi) is 5.18. The molecule has 1 amide bonds. The Bertz CT molecular complexity index is 390. The van der Waals surface area contributed by atoms with Crippen molar-refractivity contribution in [2.24, 2.45) is 0 Å². The van der Waals surface area contributed by atoms with Crippen LogP contribution in [0.25, 0.3) is 0 Å². The van der Waals surface area contributed by atoms with E-state index in [1.807, 2.05) is 30.3 Å². The van der Waals surface area contributed by atoms with Crippen LogP contribution in [0.4, 0.5) is 4.79 Å². The van der Waals surface area contributed by atoms with Crippen molar-refractivity contribution in [1.82, 2.24) is 5.32 Å². The number of nitrogens with one attached hydrogen (secondary N) is 1. The van der Waals surface area contributed by atoms with E-state index in [1.54, 1.807) is 0 Å². The van der Waals surface area contributed by atoms with E-state index in [9.17, 15) is 9.90 Å². The van der Waals surface area contributed by atoms with Gasteiger partial charge in [0.15, 0.2) is 0 Å². The zero-order valence-corrected chi connectivity index (χ0v) is 10.7. The van der Waals surface area contributed by atoms with Crippen molar-refractivity contribution in [2.75, 3.05) is 13.2 Å². The van der Waals surface area contributed by atoms with E-state index in [-0.39, 0.29) is 19.3 Å². The van der Waals surface area contributed by atoms with E-state index >= 15 is 0 Å². The van der Waals surface area contributed by atoms with Crippen LogP contribution >= 0.6 is 0 Å². The van der Waals surface area contributed by atoms with Crippen molar-refractivity contribution >= 4 is 6.09 Å². The predicted molar refractivity (Wildman–Crippen MR) is 69.6 cm³/mol. The lowest BCUT2D eigenvalue weighted by molar-refractivity contribution is 0.0503. The zero-order chi connectivity index (χ0) is 13.5. The van der Waals surface area contributed by atoms with Crippen LogP contribution in [-0.4, -0.2) is 36.6 Å². The normalized spacial score (nSPS) is 19.9. The first kappa shape index (κ1) is 13.8. The van der Waals surface area contributed by atoms with E-state index in [1.165, 1.54) is 0 Å². The Balaban J connectivity index is 1.76. The standard InChI is InChI=1S/C14H19NO4/c16-9-12(13-7-4-8-18-13)15-14(17)19-10-11-5-2-1-3-6-11/h1-3,5-6,12-13,16H,4,7-10H2,(H,15,17)/t12-,13?/m0/s1. The molecule has 1 aromatic rings. The van der Waals surface area contributed by atoms with E-state index in [4.69, 9.17) is 9.47 Å². The highest BCUT2D eigenvalue weighted by atomic mass is 16.5. The van der Waals surface area contributed by atoms with Crippen LogP contribution in [0.2, 0.25) is 0 Å². The van der Waals surface area contributed by atoms with Gasteiger partial charge in [0.1, 0.15) is 6.61 Å². The second kappa shape index (κ2) is 7.11. The zero-order valence-electron chi connectivity index (χ0n) is 10.7. The summed E-state index contributed by atoms with van der Waals surface area (Å²) in [6, 6.07) is 9.06. The van der Waals surface area contributed by atoms with Crippen LogP contribution in [0.1, 0.15) is 18.4 Å². The Morgan fingerprint density at radius 3 is 2.89 bits per heavy atom. The molecular weight excluding hydrogens is 246 g/mol. The van der Waals surface area contributed by atoms with Gasteiger partial charge in [-0.2, -0.15) is 0 Å². The Hall–Kier alpha value is -1.59. The topological polar surface area (TPSA) is 67.8 Å². The number of hydrogen-bond acceptors (Lipinski definition) is 4. The van der Waals surface area contributed by atoms with Crippen LogP contribution < -0.4 is 5.32 Å². The number of carbonyl (C=O) groups excluding carboxylic acids is 1. The molecule has 2 atom stereocenters. The first-order valence-corrected chi connectivity index (χ1v) is 6.49. The fraction of sp³-hybridized carbons (Fsp3) is 0.500. The summed E-state index contributed by atoms with van der Waals surface area (Å²) in [6.07, 6.45) is 1.17. The lowest BCUT2D eigenvalue weighted by atomic mass is 10.1. The van der Waals surface area contributed by atoms with Crippen LogP contribution in [0.3, 0.4) is 0 Å². The molecule has 1 aromatic carbocycles. The summed E-state index contributed by atoms with van der Waals surface area (Å²) in [5.41, 5.74) is 0.926. The Morgan fingerprint density at radius 2 is 2.26 bits per heavy atom. The van der Waals surface area contributed by atoms with Crippen molar-refractivity contribution < 1.29 is 19.4 Å². The van der Waals surface area contributed by atoms with Crippen LogP contribution in [0.5, 0.6) is 0 Å². The number of carbonyl (C=O) groups is 1. The number of benzene rings is 1. The minimum absolute atomic E-state index is 0.116. The molecule has 19 heavy (non-hydrogen) atoms. The summed E-state index contributed by atoms with van der Waals surface area (Å²) in [5.74, 6) is 0. The van der Waals surface area contributed by atoms with Gasteiger partial charge in [-0.25, -0.2) is 4.79 Å². The van der Waals surface area contributed by atoms with Crippen molar-refractivity contribution in [3.63, 3.8) is 0 Å². The van der Waals surface area contributed by atoms with Crippen molar-refractivity contribution in [3.8, 4) is 0 Å². The SMILES string of the molecule is O=C(N[C@@H](CO)C1CCCO1)OCc1ccccc1. The molecule has 104 valence electrons. The predicted octanol–water partition coefficient (Wildman–Crippen LogP) is 1.45. The minimum Gasteiger partial charge on any atom is -0.445 e. The van der Waals surface area contributed by atoms with Gasteiger partial charge in [-0.3, -0.25) is 0 Å². The molecule has 1 unspecified atom stereocenters. The molecule has 1 fully saturated rings. The molecule has 1 saturated heterocycles. The third-order valence-electron chi connectivity index (χ3n) is 3.13. The van der Waals surface area contributed by atoms with Crippen LogP contribution in [0, 0.1) is 0 Å². The average Bonchev–Trinajstić information content (AvgIpc) is 2.97. The number of aliphatic hydroxyl groups excluding tert-OH is 1. The first-order valence-electron chi connectivity index (χ1n) is 6.49. The lowest BCUT2D eigenvalue weighted by Crippen LogP contribution is -2.45. The molecule has 2 rings (SSSR count). The molecule has 0 spiro atoms. The molecule has 1 aliphatic heterocycles. The molecule has 2 N–H and O–H groups in total. The smallest absolute Gasteiger partial charge is 0.407 e. The molecule has 0 bridgehead atoms. The molecule has 0 radical (unpaired) electrons. The monoisotopic (exact) mass is 265 g/mol. The molecule has 0 aromatic heterocycles. The molecule has 1 heterocycles. The van der Waals surface area contributed by atoms with Gasteiger partial charge in [0.2, 0.25) is 0 Å². The number of amides is 1. The summed E-state index contributed by atoms with van der Waals surface area (Å²) in [7, 11) is 0. The lowest BCUT2D eigenvalue weighted by Gasteiger charge is -2.21. The third kappa shape index (κ3) is 4.22. The fourth-order valence-electron chi connectivity index (χ4n) is 2.09. The van der Waals surface area contributed by atoms with Gasteiger partial charge in [0.05, 0.1) is 18.8 Å². The first-order chi connectivity index (χ1) is 9.29. The summed E-state index contributed by atoms with van der Waals surface area (Å²) in [6.45, 7) is 0.753. The maximum Gasteiger partial charge on any atom is 0.407 e. The second-order valence-electron chi connectivity index (χ2n) is 4.55. The molecule has 1 aliphatic rings. The highest BCUT2D eigenvalue weighted by Crippen LogP contribution is 2.15. The van der Waals surface area contributed by atoms with Crippen LogP contribution in [-0.2, 0) is 16.1 Å². The van der Waals surface area contributed by atoms with Gasteiger partial charge in [0, 0.05) is 6.61 Å². The van der Waals surface area contributed by atoms with Gasteiger partial charge >= 0.3 is 6.09 Å². The quantitative estimate of drug-likeness (QED) is 0.845. The summed E-state index contributed by atoms with van der Waals surface area (Å²) >= 11 is 0. The number of alkyl carbamates (subject to hydrolysis) is 1. The molecule has 0 aliphatic carbocycles. The van der Waals surface area contributed by atoms with E-state index in [2.05, 4.69) is 5.32 Å². The maximum absolute atomic E-state index is 11.6. The van der Waals surface area contributed by atoms with Gasteiger partial charge in [-0.15, -0.1) is 0 Å². The number of ether oxygens (including phenoxy) is 2. The largest absolute Gasteiger partial charge is 0.445 e. The highest BCUT2D eigenvalue weighted by molar-refractivity contribution is 5.67. The average molecular weight is 265 g/mol. The van der Waals surface area contributed by atoms with E-state index in [0.717, 1.165) is 18.4 Å². The van der Waals surface area contributed by atoms with Crippen LogP contribution in [0.15, 0.2) is 30.3 Å². The van der Waals surface area contributed by atoms with Crippen molar-refractivity contribution in [2.45, 2.75) is 31.6 Å². The summed E-state index contributed by atoms with van der Waals surface area (Å²) < 4.78 is 10.5. The maximum atomic E-state index is 11.6. The molecule has 5 nitrogen and oxygen atoms in total. The van der Waals surface area contributed by atoms with E-state index < -0.39 is 12.1 Å². The van der Waals surface area contributed by atoms with E-state index in [0.29, 0.717) is 6.61 Å². The summed E-state index contributed by atoms with van der Waals surface area (Å²) in [4.78, 5) is 11.6.